The maximum atomic E-state index is 14.0. The number of hydrogen-bond acceptors (Lipinski definition) is 6. The fraction of sp³-hybridized carbons (Fsp3) is 0.667. The fourth-order valence-electron chi connectivity index (χ4n) is 2.03. The van der Waals surface area contributed by atoms with Crippen LogP contribution in [0.3, 0.4) is 0 Å². The predicted molar refractivity (Wildman–Crippen MR) is 66.1 cm³/mol. The molecule has 112 valence electrons. The summed E-state index contributed by atoms with van der Waals surface area (Å²) in [4.78, 5) is 15.3. The quantitative estimate of drug-likeness (QED) is 0.803. The van der Waals surface area contributed by atoms with E-state index in [1.165, 1.54) is 10.8 Å². The van der Waals surface area contributed by atoms with Crippen LogP contribution in [0.25, 0.3) is 0 Å². The lowest BCUT2D eigenvalue weighted by Crippen LogP contribution is -2.38. The second-order valence-electron chi connectivity index (χ2n) is 4.62. The van der Waals surface area contributed by atoms with E-state index in [1.54, 1.807) is 13.8 Å². The van der Waals surface area contributed by atoms with E-state index in [4.69, 9.17) is 14.6 Å². The molecule has 20 heavy (non-hydrogen) atoms. The molecule has 1 aromatic heterocycles. The van der Waals surface area contributed by atoms with Crippen molar-refractivity contribution in [3.63, 3.8) is 0 Å². The van der Waals surface area contributed by atoms with Gasteiger partial charge in [0, 0.05) is 18.2 Å². The van der Waals surface area contributed by atoms with Gasteiger partial charge in [0.1, 0.15) is 18.9 Å². The minimum absolute atomic E-state index is 0.0116. The third kappa shape index (κ3) is 2.54. The van der Waals surface area contributed by atoms with Gasteiger partial charge < -0.3 is 19.7 Å². The molecule has 0 amide bonds. The molecule has 8 heteroatoms. The summed E-state index contributed by atoms with van der Waals surface area (Å²) in [6, 6.07) is -0.0116. The van der Waals surface area contributed by atoms with Crippen LogP contribution < -0.4 is 10.3 Å². The Bertz CT molecular complexity index is 549. The van der Waals surface area contributed by atoms with Crippen LogP contribution in [0.15, 0.2) is 11.0 Å². The van der Waals surface area contributed by atoms with Crippen molar-refractivity contribution in [1.82, 2.24) is 9.55 Å². The van der Waals surface area contributed by atoms with Gasteiger partial charge in [-0.3, -0.25) is 9.36 Å². The standard InChI is InChI=1S/C12H17FN2O5/c1-3-19-11-14-10(18)7(2)5-15(11)9-4-8(17)12(13,6-16)20-9/h5,8-9,16-17H,3-4,6H2,1-2H3/t8?,9-,12-/m1/s1. The molecule has 2 rings (SSSR count). The third-order valence-corrected chi connectivity index (χ3v) is 3.14. The van der Waals surface area contributed by atoms with Gasteiger partial charge in [0.25, 0.3) is 11.4 Å². The van der Waals surface area contributed by atoms with Crippen molar-refractivity contribution in [3.05, 3.63) is 22.1 Å². The zero-order valence-electron chi connectivity index (χ0n) is 11.2. The van der Waals surface area contributed by atoms with Crippen molar-refractivity contribution in [2.75, 3.05) is 13.2 Å². The average molecular weight is 288 g/mol. The predicted octanol–water partition coefficient (Wildman–Crippen LogP) is -0.112. The first-order chi connectivity index (χ1) is 9.41. The number of hydrogen-bond donors (Lipinski definition) is 2. The van der Waals surface area contributed by atoms with Crippen LogP contribution in [-0.4, -0.2) is 44.9 Å². The van der Waals surface area contributed by atoms with Crippen LogP contribution in [0.1, 0.15) is 25.1 Å². The number of aromatic nitrogens is 2. The smallest absolute Gasteiger partial charge is 0.301 e. The number of rotatable bonds is 4. The summed E-state index contributed by atoms with van der Waals surface area (Å²) in [6.45, 7) is 2.59. The van der Waals surface area contributed by atoms with Crippen molar-refractivity contribution in [3.8, 4) is 6.01 Å². The van der Waals surface area contributed by atoms with Crippen LogP contribution >= 0.6 is 0 Å². The summed E-state index contributed by atoms with van der Waals surface area (Å²) in [7, 11) is 0. The topological polar surface area (TPSA) is 93.8 Å². The Morgan fingerprint density at radius 2 is 2.40 bits per heavy atom. The Kier molecular flexibility index (Phi) is 4.07. The normalized spacial score (nSPS) is 29.6. The van der Waals surface area contributed by atoms with Crippen molar-refractivity contribution in [2.45, 2.75) is 38.5 Å². The number of aliphatic hydroxyl groups is 2. The molecule has 1 aromatic rings. The van der Waals surface area contributed by atoms with Gasteiger partial charge >= 0.3 is 6.01 Å². The number of nitrogens with zero attached hydrogens (tertiary/aromatic N) is 2. The van der Waals surface area contributed by atoms with E-state index in [2.05, 4.69) is 4.98 Å². The molecule has 0 bridgehead atoms. The summed E-state index contributed by atoms with van der Waals surface area (Å²) in [5.41, 5.74) is -0.108. The Morgan fingerprint density at radius 3 is 2.95 bits per heavy atom. The second kappa shape index (κ2) is 5.47. The molecule has 0 radical (unpaired) electrons. The fourth-order valence-corrected chi connectivity index (χ4v) is 2.03. The highest BCUT2D eigenvalue weighted by molar-refractivity contribution is 5.10. The van der Waals surface area contributed by atoms with Gasteiger partial charge in [-0.05, 0) is 13.8 Å². The molecular weight excluding hydrogens is 271 g/mol. The van der Waals surface area contributed by atoms with Gasteiger partial charge in [-0.25, -0.2) is 4.39 Å². The van der Waals surface area contributed by atoms with E-state index < -0.39 is 30.4 Å². The van der Waals surface area contributed by atoms with Crippen molar-refractivity contribution in [1.29, 1.82) is 0 Å². The van der Waals surface area contributed by atoms with E-state index >= 15 is 0 Å². The zero-order chi connectivity index (χ0) is 14.9. The van der Waals surface area contributed by atoms with Crippen LogP contribution in [0.4, 0.5) is 4.39 Å². The van der Waals surface area contributed by atoms with Crippen LogP contribution in [-0.2, 0) is 4.74 Å². The molecule has 1 aliphatic rings. The molecule has 3 atom stereocenters. The molecule has 2 N–H and O–H groups in total. The molecule has 1 fully saturated rings. The molecular formula is C12H17FN2O5. The Morgan fingerprint density at radius 1 is 1.70 bits per heavy atom. The van der Waals surface area contributed by atoms with Crippen molar-refractivity contribution >= 4 is 0 Å². The lowest BCUT2D eigenvalue weighted by atomic mass is 10.1. The van der Waals surface area contributed by atoms with Crippen molar-refractivity contribution < 1.29 is 24.1 Å². The molecule has 0 saturated carbocycles. The minimum atomic E-state index is -2.52. The molecule has 1 saturated heterocycles. The summed E-state index contributed by atoms with van der Waals surface area (Å²) in [5, 5.41) is 18.6. The summed E-state index contributed by atoms with van der Waals surface area (Å²) in [6.07, 6.45) is -1.02. The van der Waals surface area contributed by atoms with Crippen molar-refractivity contribution in [2.24, 2.45) is 0 Å². The monoisotopic (exact) mass is 288 g/mol. The molecule has 1 unspecified atom stereocenters. The average Bonchev–Trinajstić information content (AvgIpc) is 2.71. The highest BCUT2D eigenvalue weighted by Crippen LogP contribution is 2.38. The molecule has 0 spiro atoms. The van der Waals surface area contributed by atoms with Crippen LogP contribution in [0.5, 0.6) is 6.01 Å². The summed E-state index contributed by atoms with van der Waals surface area (Å²) in [5.74, 6) is -2.52. The Hall–Kier alpha value is -1.51. The van der Waals surface area contributed by atoms with E-state index in [0.29, 0.717) is 5.56 Å². The van der Waals surface area contributed by atoms with Gasteiger partial charge in [-0.2, -0.15) is 4.98 Å². The Balaban J connectivity index is 2.38. The zero-order valence-corrected chi connectivity index (χ0v) is 11.2. The van der Waals surface area contributed by atoms with E-state index in [0.717, 1.165) is 0 Å². The van der Waals surface area contributed by atoms with Gasteiger partial charge in [0.2, 0.25) is 0 Å². The number of aryl methyl sites for hydroxylation is 1. The maximum Gasteiger partial charge on any atom is 0.301 e. The van der Waals surface area contributed by atoms with Crippen LogP contribution in [0, 0.1) is 6.92 Å². The van der Waals surface area contributed by atoms with E-state index in [1.807, 2.05) is 0 Å². The Labute approximate surface area is 114 Å². The van der Waals surface area contributed by atoms with E-state index in [-0.39, 0.29) is 19.0 Å². The first-order valence-electron chi connectivity index (χ1n) is 6.29. The van der Waals surface area contributed by atoms with Crippen LogP contribution in [0.2, 0.25) is 0 Å². The van der Waals surface area contributed by atoms with Gasteiger partial charge in [-0.15, -0.1) is 0 Å². The highest BCUT2D eigenvalue weighted by atomic mass is 19.2. The number of halogens is 1. The van der Waals surface area contributed by atoms with Gasteiger partial charge in [0.15, 0.2) is 0 Å². The molecule has 1 aliphatic heterocycles. The first-order valence-corrected chi connectivity index (χ1v) is 6.29. The molecule has 0 aliphatic carbocycles. The molecule has 7 nitrogen and oxygen atoms in total. The second-order valence-corrected chi connectivity index (χ2v) is 4.62. The molecule has 2 heterocycles. The number of ether oxygens (including phenoxy) is 2. The summed E-state index contributed by atoms with van der Waals surface area (Å²) >= 11 is 0. The number of alkyl halides is 1. The van der Waals surface area contributed by atoms with E-state index in [9.17, 15) is 14.3 Å². The lowest BCUT2D eigenvalue weighted by molar-refractivity contribution is -0.207. The minimum Gasteiger partial charge on any atom is -0.465 e. The largest absolute Gasteiger partial charge is 0.465 e. The first kappa shape index (κ1) is 14.9. The SMILES string of the molecule is CCOc1nc(=O)c(C)cn1[C@H]1CC(O)[C@@](F)(CO)O1. The number of aliphatic hydroxyl groups excluding tert-OH is 2. The van der Waals surface area contributed by atoms with Gasteiger partial charge in [0.05, 0.1) is 6.61 Å². The maximum absolute atomic E-state index is 14.0. The highest BCUT2D eigenvalue weighted by Gasteiger charge is 2.49. The molecule has 0 aromatic carbocycles. The summed E-state index contributed by atoms with van der Waals surface area (Å²) < 4.78 is 25.6. The third-order valence-electron chi connectivity index (χ3n) is 3.14. The lowest BCUT2D eigenvalue weighted by Gasteiger charge is -2.22. The van der Waals surface area contributed by atoms with Gasteiger partial charge in [-0.1, -0.05) is 0 Å².